The normalized spacial score (nSPS) is 14.6. The molecule has 0 saturated carbocycles. The summed E-state index contributed by atoms with van der Waals surface area (Å²) in [5.74, 6) is -0.129. The van der Waals surface area contributed by atoms with Crippen LogP contribution in [0.4, 0.5) is 10.1 Å². The van der Waals surface area contributed by atoms with Gasteiger partial charge in [-0.2, -0.15) is 0 Å². The summed E-state index contributed by atoms with van der Waals surface area (Å²) in [4.78, 5) is 19.3. The number of aromatic amines is 1. The van der Waals surface area contributed by atoms with Crippen molar-refractivity contribution in [3.8, 4) is 11.3 Å². The molecule has 2 aromatic carbocycles. The highest BCUT2D eigenvalue weighted by Gasteiger charge is 2.18. The molecule has 2 heterocycles. The Hall–Kier alpha value is -2.57. The number of H-pyrrole nitrogens is 1. The molecule has 154 valence electrons. The number of benzene rings is 2. The maximum Gasteiger partial charge on any atom is 0.416 e. The first-order valence-electron chi connectivity index (χ1n) is 9.69. The number of halogens is 2. The molecule has 0 amide bonds. The van der Waals surface area contributed by atoms with Gasteiger partial charge in [0.1, 0.15) is 11.6 Å². The Morgan fingerprint density at radius 1 is 0.966 bits per heavy atom. The number of oxazole rings is 1. The summed E-state index contributed by atoms with van der Waals surface area (Å²) < 4.78 is 18.5. The molecule has 0 bridgehead atoms. The highest BCUT2D eigenvalue weighted by molar-refractivity contribution is 5.85. The van der Waals surface area contributed by atoms with E-state index in [4.69, 9.17) is 4.42 Å². The Morgan fingerprint density at radius 3 is 2.34 bits per heavy atom. The summed E-state index contributed by atoms with van der Waals surface area (Å²) in [6, 6.07) is 16.6. The van der Waals surface area contributed by atoms with Gasteiger partial charge in [-0.3, -0.25) is 9.88 Å². The number of piperazine rings is 1. The molecule has 0 spiro atoms. The van der Waals surface area contributed by atoms with Crippen molar-refractivity contribution < 1.29 is 8.81 Å². The van der Waals surface area contributed by atoms with Gasteiger partial charge in [0, 0.05) is 43.9 Å². The topological polar surface area (TPSA) is 52.5 Å². The van der Waals surface area contributed by atoms with Crippen LogP contribution in [0, 0.1) is 5.82 Å². The van der Waals surface area contributed by atoms with E-state index in [0.29, 0.717) is 17.9 Å². The van der Waals surface area contributed by atoms with E-state index in [1.54, 1.807) is 12.1 Å². The molecule has 1 saturated heterocycles. The van der Waals surface area contributed by atoms with Crippen LogP contribution in [-0.4, -0.2) is 42.6 Å². The lowest BCUT2D eigenvalue weighted by Crippen LogP contribution is -2.46. The highest BCUT2D eigenvalue weighted by atomic mass is 35.5. The van der Waals surface area contributed by atoms with Crippen molar-refractivity contribution in [2.75, 3.05) is 37.6 Å². The molecule has 5 nitrogen and oxygen atoms in total. The van der Waals surface area contributed by atoms with Crippen LogP contribution in [0.15, 0.2) is 63.8 Å². The summed E-state index contributed by atoms with van der Waals surface area (Å²) in [6.45, 7) is 5.04. The number of aryl methyl sites for hydroxylation is 1. The van der Waals surface area contributed by atoms with Gasteiger partial charge in [0.15, 0.2) is 0 Å². The maximum atomic E-state index is 13.1. The minimum atomic E-state index is -0.467. The number of nitrogens with zero attached hydrogens (tertiary/aromatic N) is 2. The predicted molar refractivity (Wildman–Crippen MR) is 115 cm³/mol. The van der Waals surface area contributed by atoms with Gasteiger partial charge in [0.05, 0.1) is 5.69 Å². The van der Waals surface area contributed by atoms with Crippen molar-refractivity contribution in [3.63, 3.8) is 0 Å². The molecule has 3 aromatic rings. The fourth-order valence-corrected chi connectivity index (χ4v) is 3.72. The van der Waals surface area contributed by atoms with E-state index in [1.807, 2.05) is 6.07 Å². The Bertz CT molecular complexity index is 948. The molecular weight excluding hydrogens is 393 g/mol. The molecular formula is C22H25ClFN3O2. The fraction of sp³-hybridized carbons (Fsp3) is 0.318. The standard InChI is InChI=1S/C22H24FN3O2.ClH/c23-18-10-8-17(9-11-18)21-20(28-22(27)24-21)7-4-12-25-13-15-26(16-14-25)19-5-2-1-3-6-19;/h1-3,5-6,8-11H,4,7,12-16H2,(H,24,27);1H. The Labute approximate surface area is 175 Å². The number of anilines is 1. The SMILES string of the molecule is Cl.O=c1[nH]c(-c2ccc(F)cc2)c(CCCN2CCN(c3ccccc3)CC2)o1. The summed E-state index contributed by atoms with van der Waals surface area (Å²) in [6.07, 6.45) is 1.57. The molecule has 1 aliphatic heterocycles. The van der Waals surface area contributed by atoms with E-state index in [-0.39, 0.29) is 18.2 Å². The van der Waals surface area contributed by atoms with Gasteiger partial charge < -0.3 is 9.32 Å². The second-order valence-electron chi connectivity index (χ2n) is 7.09. The third-order valence-corrected chi connectivity index (χ3v) is 5.23. The predicted octanol–water partition coefficient (Wildman–Crippen LogP) is 3.95. The number of hydrogen-bond donors (Lipinski definition) is 1. The van der Waals surface area contributed by atoms with Crippen molar-refractivity contribution in [2.24, 2.45) is 0 Å². The molecule has 0 unspecified atom stereocenters. The first kappa shape index (κ1) is 21.1. The van der Waals surface area contributed by atoms with Crippen LogP contribution in [0.2, 0.25) is 0 Å². The zero-order valence-corrected chi connectivity index (χ0v) is 17.0. The van der Waals surface area contributed by atoms with E-state index in [2.05, 4.69) is 39.0 Å². The maximum absolute atomic E-state index is 13.1. The smallest absolute Gasteiger partial charge is 0.412 e. The van der Waals surface area contributed by atoms with E-state index >= 15 is 0 Å². The Balaban J connectivity index is 0.00000240. The second-order valence-corrected chi connectivity index (χ2v) is 7.09. The summed E-state index contributed by atoms with van der Waals surface area (Å²) >= 11 is 0. The average Bonchev–Trinajstić information content (AvgIpc) is 3.10. The highest BCUT2D eigenvalue weighted by Crippen LogP contribution is 2.22. The average molecular weight is 418 g/mol. The van der Waals surface area contributed by atoms with Crippen LogP contribution in [0.5, 0.6) is 0 Å². The van der Waals surface area contributed by atoms with E-state index in [1.165, 1.54) is 17.8 Å². The lowest BCUT2D eigenvalue weighted by molar-refractivity contribution is 0.253. The van der Waals surface area contributed by atoms with Crippen LogP contribution in [0.25, 0.3) is 11.3 Å². The largest absolute Gasteiger partial charge is 0.416 e. The molecule has 29 heavy (non-hydrogen) atoms. The van der Waals surface area contributed by atoms with Crippen molar-refractivity contribution in [2.45, 2.75) is 12.8 Å². The number of hydrogen-bond acceptors (Lipinski definition) is 4. The van der Waals surface area contributed by atoms with Crippen LogP contribution >= 0.6 is 12.4 Å². The van der Waals surface area contributed by atoms with Gasteiger partial charge in [-0.05, 0) is 49.4 Å². The van der Waals surface area contributed by atoms with Crippen molar-refractivity contribution in [1.29, 1.82) is 0 Å². The molecule has 0 aliphatic carbocycles. The van der Waals surface area contributed by atoms with Crippen LogP contribution in [0.3, 0.4) is 0 Å². The number of aromatic nitrogens is 1. The zero-order chi connectivity index (χ0) is 19.3. The number of rotatable bonds is 6. The molecule has 1 N–H and O–H groups in total. The van der Waals surface area contributed by atoms with Gasteiger partial charge >= 0.3 is 5.76 Å². The van der Waals surface area contributed by atoms with Crippen molar-refractivity contribution in [1.82, 2.24) is 9.88 Å². The summed E-state index contributed by atoms with van der Waals surface area (Å²) in [5.41, 5.74) is 2.69. The molecule has 0 atom stereocenters. The number of nitrogens with one attached hydrogen (secondary N) is 1. The van der Waals surface area contributed by atoms with Crippen LogP contribution in [-0.2, 0) is 6.42 Å². The van der Waals surface area contributed by atoms with Crippen molar-refractivity contribution >= 4 is 18.1 Å². The Morgan fingerprint density at radius 2 is 1.66 bits per heavy atom. The third kappa shape index (κ3) is 5.28. The van der Waals surface area contributed by atoms with Crippen LogP contribution in [0.1, 0.15) is 12.2 Å². The monoisotopic (exact) mass is 417 g/mol. The molecule has 0 radical (unpaired) electrons. The molecule has 4 rings (SSSR count). The lowest BCUT2D eigenvalue weighted by Gasteiger charge is -2.36. The van der Waals surface area contributed by atoms with E-state index in [0.717, 1.165) is 44.7 Å². The van der Waals surface area contributed by atoms with E-state index in [9.17, 15) is 9.18 Å². The molecule has 7 heteroatoms. The van der Waals surface area contributed by atoms with Gasteiger partial charge in [-0.1, -0.05) is 18.2 Å². The molecule has 1 fully saturated rings. The van der Waals surface area contributed by atoms with E-state index < -0.39 is 5.76 Å². The summed E-state index contributed by atoms with van der Waals surface area (Å²) in [7, 11) is 0. The van der Waals surface area contributed by atoms with Crippen LogP contribution < -0.4 is 10.7 Å². The summed E-state index contributed by atoms with van der Waals surface area (Å²) in [5, 5.41) is 0. The molecule has 1 aliphatic rings. The molecule has 1 aromatic heterocycles. The number of para-hydroxylation sites is 1. The minimum Gasteiger partial charge on any atom is -0.412 e. The Kier molecular flexibility index (Phi) is 7.12. The minimum absolute atomic E-state index is 0. The van der Waals surface area contributed by atoms with Gasteiger partial charge in [0.2, 0.25) is 0 Å². The zero-order valence-electron chi connectivity index (χ0n) is 16.1. The fourth-order valence-electron chi connectivity index (χ4n) is 3.72. The first-order valence-corrected chi connectivity index (χ1v) is 9.69. The van der Waals surface area contributed by atoms with Gasteiger partial charge in [-0.25, -0.2) is 9.18 Å². The van der Waals surface area contributed by atoms with Gasteiger partial charge in [0.25, 0.3) is 0 Å². The lowest BCUT2D eigenvalue weighted by atomic mass is 10.1. The first-order chi connectivity index (χ1) is 13.7. The van der Waals surface area contributed by atoms with Gasteiger partial charge in [-0.15, -0.1) is 12.4 Å². The quantitative estimate of drug-likeness (QED) is 0.659. The second kappa shape index (κ2) is 9.76. The van der Waals surface area contributed by atoms with Crippen molar-refractivity contribution in [3.05, 3.63) is 76.7 Å². The third-order valence-electron chi connectivity index (χ3n) is 5.23.